The fourth-order valence-corrected chi connectivity index (χ4v) is 18.6. The van der Waals surface area contributed by atoms with Gasteiger partial charge in [0.2, 0.25) is 8.32 Å². The highest BCUT2D eigenvalue weighted by atomic mass is 32.2. The molecule has 0 radical (unpaired) electrons. The lowest BCUT2D eigenvalue weighted by molar-refractivity contribution is -0.0569. The van der Waals surface area contributed by atoms with Crippen LogP contribution in [0.3, 0.4) is 0 Å². The Morgan fingerprint density at radius 3 is 1.82 bits per heavy atom. The normalized spacial score (nSPS) is 26.5. The molecule has 3 heterocycles. The van der Waals surface area contributed by atoms with Crippen molar-refractivity contribution >= 4 is 26.8 Å². The highest BCUT2D eigenvalue weighted by Gasteiger charge is 2.71. The zero-order valence-corrected chi connectivity index (χ0v) is 33.1. The van der Waals surface area contributed by atoms with Crippen molar-refractivity contribution in [2.45, 2.75) is 147 Å². The van der Waals surface area contributed by atoms with Crippen molar-refractivity contribution < 1.29 is 26.2 Å². The van der Waals surface area contributed by atoms with Gasteiger partial charge < -0.3 is 19.3 Å². The van der Waals surface area contributed by atoms with Crippen molar-refractivity contribution in [3.63, 3.8) is 0 Å². The second-order valence-corrected chi connectivity index (χ2v) is 29.7. The number of aryl methyl sites for hydroxylation is 1. The van der Waals surface area contributed by atoms with Gasteiger partial charge in [0, 0.05) is 18.8 Å². The largest absolute Gasteiger partial charge is 0.414 e. The second-order valence-electron chi connectivity index (χ2n) is 17.4. The standard InChI is InChI=1S/C31H57N3O8SSi2/c1-20-17-34(26(36)33(14)24(20)35)25-23(41-45(28(5,6)7,29(8,9)10)30(11,12)13)31(21(32)19-43(37,38)42-31)22(40-25)18-39-44(15,16)27(2,3)4/h17,19,22-23,25H,18,32H2,1-16H3/t22?,23-,25+,31?/m0/s1. The Bertz CT molecular complexity index is 1530. The Kier molecular flexibility index (Phi) is 9.49. The van der Waals surface area contributed by atoms with Crippen molar-refractivity contribution in [3.05, 3.63) is 43.7 Å². The summed E-state index contributed by atoms with van der Waals surface area (Å²) in [5.41, 5.74) is 4.01. The van der Waals surface area contributed by atoms with Crippen molar-refractivity contribution in [1.29, 1.82) is 0 Å². The summed E-state index contributed by atoms with van der Waals surface area (Å²) in [6.45, 7) is 31.3. The molecule has 0 amide bonds. The van der Waals surface area contributed by atoms with Gasteiger partial charge in [0.05, 0.1) is 17.7 Å². The molecule has 3 rings (SSSR count). The number of aromatic nitrogens is 2. The number of ether oxygens (including phenoxy) is 1. The molecular formula is C31H57N3O8SSi2. The maximum absolute atomic E-state index is 13.8. The van der Waals surface area contributed by atoms with E-state index in [2.05, 4.69) is 96.2 Å². The molecule has 1 aromatic heterocycles. The van der Waals surface area contributed by atoms with Gasteiger partial charge in [0.15, 0.2) is 20.1 Å². The number of hydrogen-bond donors (Lipinski definition) is 1. The fraction of sp³-hybridized carbons (Fsp3) is 0.806. The maximum Gasteiger partial charge on any atom is 0.332 e. The average molecular weight is 688 g/mol. The van der Waals surface area contributed by atoms with Crippen LogP contribution in [0.5, 0.6) is 0 Å². The molecule has 2 aliphatic heterocycles. The molecule has 1 saturated heterocycles. The number of nitrogens with two attached hydrogens (primary N) is 1. The van der Waals surface area contributed by atoms with Crippen molar-refractivity contribution in [3.8, 4) is 0 Å². The minimum Gasteiger partial charge on any atom is -0.414 e. The van der Waals surface area contributed by atoms with Crippen LogP contribution in [-0.4, -0.2) is 58.6 Å². The van der Waals surface area contributed by atoms with Crippen LogP contribution < -0.4 is 17.0 Å². The van der Waals surface area contributed by atoms with Gasteiger partial charge in [-0.05, 0) is 40.2 Å². The summed E-state index contributed by atoms with van der Waals surface area (Å²) >= 11 is 0. The number of hydrogen-bond acceptors (Lipinski definition) is 9. The van der Waals surface area contributed by atoms with Gasteiger partial charge in [-0.25, -0.2) is 8.98 Å². The first kappa shape index (κ1) is 37.9. The lowest BCUT2D eigenvalue weighted by atomic mass is 9.89. The van der Waals surface area contributed by atoms with Gasteiger partial charge in [-0.1, -0.05) is 83.1 Å². The maximum atomic E-state index is 13.8. The van der Waals surface area contributed by atoms with Gasteiger partial charge in [0.1, 0.15) is 12.2 Å². The first-order valence-electron chi connectivity index (χ1n) is 15.6. The third-order valence-corrected chi connectivity index (χ3v) is 22.6. The summed E-state index contributed by atoms with van der Waals surface area (Å²) in [5, 5.41) is -0.434. The van der Waals surface area contributed by atoms with Crippen LogP contribution in [0.4, 0.5) is 0 Å². The Morgan fingerprint density at radius 2 is 1.42 bits per heavy atom. The second kappa shape index (κ2) is 11.3. The lowest BCUT2D eigenvalue weighted by Gasteiger charge is -2.59. The van der Waals surface area contributed by atoms with Crippen LogP contribution in [0, 0.1) is 6.92 Å². The Hall–Kier alpha value is -1.56. The molecule has 4 atom stereocenters. The van der Waals surface area contributed by atoms with Gasteiger partial charge in [-0.15, -0.1) is 0 Å². The van der Waals surface area contributed by atoms with Crippen LogP contribution >= 0.6 is 0 Å². The Labute approximate surface area is 271 Å². The minimum absolute atomic E-state index is 0.0501. The van der Waals surface area contributed by atoms with Crippen LogP contribution in [0.2, 0.25) is 33.2 Å². The van der Waals surface area contributed by atoms with Gasteiger partial charge in [-0.3, -0.25) is 13.9 Å². The minimum atomic E-state index is -4.25. The van der Waals surface area contributed by atoms with Crippen molar-refractivity contribution in [2.24, 2.45) is 12.8 Å². The molecule has 0 aliphatic carbocycles. The van der Waals surface area contributed by atoms with E-state index < -0.39 is 77.2 Å². The van der Waals surface area contributed by atoms with E-state index in [-0.39, 0.29) is 17.3 Å². The molecule has 2 aliphatic rings. The van der Waals surface area contributed by atoms with E-state index in [4.69, 9.17) is 23.5 Å². The molecule has 1 aromatic rings. The summed E-state index contributed by atoms with van der Waals surface area (Å²) in [7, 11) is -8.38. The van der Waals surface area contributed by atoms with E-state index in [1.807, 2.05) is 0 Å². The molecule has 2 N–H and O–H groups in total. The van der Waals surface area contributed by atoms with Gasteiger partial charge in [-0.2, -0.15) is 8.42 Å². The molecule has 1 spiro atoms. The summed E-state index contributed by atoms with van der Waals surface area (Å²) in [5.74, 6) is 0. The SMILES string of the molecule is Cc1cn([C@@H]2OC(CO[Si](C)(C)C(C)(C)C)C3(OS(=O)(=O)C=C3N)[C@H]2O[Si](C(C)(C)C)(C(C)(C)C)C(C)(C)C)c(=O)n(C)c1=O. The molecule has 0 saturated carbocycles. The van der Waals surface area contributed by atoms with E-state index in [1.165, 1.54) is 17.8 Å². The molecule has 2 unspecified atom stereocenters. The quantitative estimate of drug-likeness (QED) is 0.307. The lowest BCUT2D eigenvalue weighted by Crippen LogP contribution is -2.66. The summed E-state index contributed by atoms with van der Waals surface area (Å²) < 4.78 is 55.7. The average Bonchev–Trinajstić information content (AvgIpc) is 3.25. The Balaban J connectivity index is 2.45. The number of rotatable bonds is 6. The summed E-state index contributed by atoms with van der Waals surface area (Å²) in [6, 6.07) is 0. The summed E-state index contributed by atoms with van der Waals surface area (Å²) in [6.07, 6.45) is -2.02. The Morgan fingerprint density at radius 1 is 0.933 bits per heavy atom. The van der Waals surface area contributed by atoms with Crippen LogP contribution in [0.1, 0.15) is 94.9 Å². The molecule has 14 heteroatoms. The van der Waals surface area contributed by atoms with Crippen LogP contribution in [-0.2, 0) is 34.9 Å². The van der Waals surface area contributed by atoms with Crippen molar-refractivity contribution in [1.82, 2.24) is 9.13 Å². The molecule has 0 aromatic carbocycles. The smallest absolute Gasteiger partial charge is 0.332 e. The van der Waals surface area contributed by atoms with E-state index in [0.717, 1.165) is 9.98 Å². The monoisotopic (exact) mass is 687 g/mol. The molecule has 1 fully saturated rings. The fourth-order valence-electron chi connectivity index (χ4n) is 7.84. The third kappa shape index (κ3) is 6.13. The topological polar surface area (TPSA) is 141 Å². The first-order valence-corrected chi connectivity index (χ1v) is 21.9. The predicted molar refractivity (Wildman–Crippen MR) is 183 cm³/mol. The number of nitrogens with zero attached hydrogens (tertiary/aromatic N) is 2. The highest BCUT2D eigenvalue weighted by molar-refractivity contribution is 7.90. The molecule has 258 valence electrons. The highest BCUT2D eigenvalue weighted by Crippen LogP contribution is 2.65. The van der Waals surface area contributed by atoms with Crippen LogP contribution in [0.25, 0.3) is 0 Å². The molecule has 45 heavy (non-hydrogen) atoms. The predicted octanol–water partition coefficient (Wildman–Crippen LogP) is 5.40. The van der Waals surface area contributed by atoms with Gasteiger partial charge in [0.25, 0.3) is 15.7 Å². The zero-order chi connectivity index (χ0) is 35.1. The van der Waals surface area contributed by atoms with Gasteiger partial charge >= 0.3 is 5.69 Å². The van der Waals surface area contributed by atoms with E-state index in [0.29, 0.717) is 5.56 Å². The zero-order valence-electron chi connectivity index (χ0n) is 30.2. The molecule has 11 nitrogen and oxygen atoms in total. The summed E-state index contributed by atoms with van der Waals surface area (Å²) in [4.78, 5) is 26.5. The first-order chi connectivity index (χ1) is 19.9. The molecule has 0 bridgehead atoms. The third-order valence-electron chi connectivity index (χ3n) is 10.1. The molecular weight excluding hydrogens is 631 g/mol. The van der Waals surface area contributed by atoms with E-state index in [9.17, 15) is 18.0 Å². The van der Waals surface area contributed by atoms with E-state index in [1.54, 1.807) is 6.92 Å². The van der Waals surface area contributed by atoms with Crippen molar-refractivity contribution in [2.75, 3.05) is 6.61 Å². The van der Waals surface area contributed by atoms with E-state index >= 15 is 0 Å². The van der Waals surface area contributed by atoms with Crippen LogP contribution in [0.15, 0.2) is 26.9 Å².